The van der Waals surface area contributed by atoms with Crippen molar-refractivity contribution >= 4 is 34.0 Å². The van der Waals surface area contributed by atoms with Gasteiger partial charge in [-0.15, -0.1) is 0 Å². The summed E-state index contributed by atoms with van der Waals surface area (Å²) in [5.74, 6) is 0.737. The lowest BCUT2D eigenvalue weighted by atomic mass is 10.2. The van der Waals surface area contributed by atoms with Crippen LogP contribution in [0, 0.1) is 12.4 Å². The van der Waals surface area contributed by atoms with Crippen LogP contribution in [0.3, 0.4) is 0 Å². The number of nitrogen functional groups attached to an aromatic ring is 1. The Morgan fingerprint density at radius 1 is 1.19 bits per heavy atom. The number of para-hydroxylation sites is 1. The zero-order valence-electron chi connectivity index (χ0n) is 13.3. The van der Waals surface area contributed by atoms with Crippen molar-refractivity contribution in [3.05, 3.63) is 66.3 Å². The Balaban J connectivity index is 1.83. The highest BCUT2D eigenvalue weighted by molar-refractivity contribution is 5.90. The molecule has 0 atom stereocenters. The van der Waals surface area contributed by atoms with Crippen LogP contribution >= 0.6 is 0 Å². The number of hydrogen-bond acceptors (Lipinski definition) is 6. The molecule has 3 aromatic heterocycles. The summed E-state index contributed by atoms with van der Waals surface area (Å²) in [6, 6.07) is 7.59. The van der Waals surface area contributed by atoms with Crippen molar-refractivity contribution in [3.63, 3.8) is 0 Å². The van der Waals surface area contributed by atoms with Gasteiger partial charge < -0.3 is 11.1 Å². The van der Waals surface area contributed by atoms with Gasteiger partial charge in [0.25, 0.3) is 0 Å². The van der Waals surface area contributed by atoms with Crippen molar-refractivity contribution < 1.29 is 4.39 Å². The normalized spacial score (nSPS) is 10.6. The molecule has 9 heteroatoms. The minimum atomic E-state index is -0.530. The van der Waals surface area contributed by atoms with Crippen LogP contribution in [0.4, 0.5) is 27.5 Å². The fourth-order valence-corrected chi connectivity index (χ4v) is 2.54. The van der Waals surface area contributed by atoms with Gasteiger partial charge in [0.1, 0.15) is 35.3 Å². The maximum atomic E-state index is 14.3. The number of nitrogens with one attached hydrogen (secondary N) is 1. The minimum absolute atomic E-state index is 0.0935. The van der Waals surface area contributed by atoms with Crippen molar-refractivity contribution in [1.29, 1.82) is 0 Å². The number of nitrogens with zero attached hydrogens (tertiary/aromatic N) is 6. The quantitative estimate of drug-likeness (QED) is 0.553. The Morgan fingerprint density at radius 2 is 2.08 bits per heavy atom. The Hall–Kier alpha value is -4.06. The van der Waals surface area contributed by atoms with E-state index in [9.17, 15) is 4.39 Å². The topological polar surface area (TPSA) is 98.9 Å². The highest BCUT2D eigenvalue weighted by Crippen LogP contribution is 2.29. The van der Waals surface area contributed by atoms with Crippen molar-refractivity contribution in [2.75, 3.05) is 11.1 Å². The van der Waals surface area contributed by atoms with Crippen LogP contribution in [-0.2, 0) is 0 Å². The number of nitrogens with two attached hydrogens (primary N) is 1. The van der Waals surface area contributed by atoms with Gasteiger partial charge in [0.2, 0.25) is 5.69 Å². The molecule has 0 saturated carbocycles. The van der Waals surface area contributed by atoms with Crippen molar-refractivity contribution in [2.24, 2.45) is 0 Å². The number of halogens is 1. The first kappa shape index (κ1) is 15.5. The molecule has 26 heavy (non-hydrogen) atoms. The molecule has 3 heterocycles. The lowest BCUT2D eigenvalue weighted by Crippen LogP contribution is -1.99. The number of fused-ring (bicyclic) bond motifs is 1. The van der Waals surface area contributed by atoms with E-state index in [0.717, 1.165) is 0 Å². The fourth-order valence-electron chi connectivity index (χ4n) is 2.54. The molecule has 0 spiro atoms. The molecule has 0 amide bonds. The SMILES string of the molecule is [C-]#[N+]c1cccc(F)c1-n1cc2c(Nc3cc(N)ncn3)nccc2n1. The third-order valence-corrected chi connectivity index (χ3v) is 3.68. The van der Waals surface area contributed by atoms with Crippen molar-refractivity contribution in [3.8, 4) is 5.69 Å². The average molecular weight is 346 g/mol. The second-order valence-corrected chi connectivity index (χ2v) is 5.34. The van der Waals surface area contributed by atoms with Crippen molar-refractivity contribution in [2.45, 2.75) is 0 Å². The molecule has 0 aliphatic rings. The predicted molar refractivity (Wildman–Crippen MR) is 94.8 cm³/mol. The standard InChI is InChI=1S/C17H11FN8/c1-20-13-4-2-3-11(18)16(13)26-8-10-12(25-26)5-6-21-17(10)24-15-7-14(19)22-9-23-15/h2-9H,(H3,19,21,22,23,24). The monoisotopic (exact) mass is 346 g/mol. The summed E-state index contributed by atoms with van der Waals surface area (Å²) in [7, 11) is 0. The van der Waals surface area contributed by atoms with E-state index in [-0.39, 0.29) is 11.4 Å². The molecule has 0 fully saturated rings. The molecule has 0 aliphatic carbocycles. The fraction of sp³-hybridized carbons (Fsp3) is 0. The molecule has 0 bridgehead atoms. The van der Waals surface area contributed by atoms with Gasteiger partial charge in [-0.25, -0.2) is 28.9 Å². The number of aromatic nitrogens is 5. The first-order valence-corrected chi connectivity index (χ1v) is 7.51. The summed E-state index contributed by atoms with van der Waals surface area (Å²) in [5, 5.41) is 8.06. The molecule has 0 aliphatic heterocycles. The largest absolute Gasteiger partial charge is 0.384 e. The molecular weight excluding hydrogens is 335 g/mol. The van der Waals surface area contributed by atoms with E-state index in [2.05, 4.69) is 30.2 Å². The third kappa shape index (κ3) is 2.65. The van der Waals surface area contributed by atoms with Crippen LogP contribution in [0.5, 0.6) is 0 Å². The summed E-state index contributed by atoms with van der Waals surface area (Å²) in [6.45, 7) is 7.24. The maximum Gasteiger partial charge on any atom is 0.215 e. The highest BCUT2D eigenvalue weighted by atomic mass is 19.1. The second-order valence-electron chi connectivity index (χ2n) is 5.34. The van der Waals surface area contributed by atoms with Crippen LogP contribution in [0.25, 0.3) is 21.4 Å². The molecule has 0 saturated heterocycles. The summed E-state index contributed by atoms with van der Waals surface area (Å²) >= 11 is 0. The molecular formula is C17H11FN8. The lowest BCUT2D eigenvalue weighted by Gasteiger charge is -2.05. The van der Waals surface area contributed by atoms with Crippen molar-refractivity contribution in [1.82, 2.24) is 24.7 Å². The molecule has 1 aromatic carbocycles. The van der Waals surface area contributed by atoms with Gasteiger partial charge in [0.05, 0.1) is 17.5 Å². The molecule has 8 nitrogen and oxygen atoms in total. The van der Waals surface area contributed by atoms with E-state index in [4.69, 9.17) is 12.3 Å². The van der Waals surface area contributed by atoms with Gasteiger partial charge in [0, 0.05) is 18.5 Å². The van der Waals surface area contributed by atoms with Gasteiger partial charge in [-0.3, -0.25) is 0 Å². The molecule has 4 rings (SSSR count). The third-order valence-electron chi connectivity index (χ3n) is 3.68. The van der Waals surface area contributed by atoms with Gasteiger partial charge in [-0.1, -0.05) is 12.1 Å². The molecule has 3 N–H and O–H groups in total. The van der Waals surface area contributed by atoms with Crippen LogP contribution in [0.15, 0.2) is 49.1 Å². The van der Waals surface area contributed by atoms with E-state index < -0.39 is 5.82 Å². The number of benzene rings is 1. The van der Waals surface area contributed by atoms with Crippen LogP contribution < -0.4 is 11.1 Å². The first-order valence-electron chi connectivity index (χ1n) is 7.51. The van der Waals surface area contributed by atoms with E-state index in [1.54, 1.807) is 30.6 Å². The lowest BCUT2D eigenvalue weighted by molar-refractivity contribution is 0.613. The highest BCUT2D eigenvalue weighted by Gasteiger charge is 2.15. The summed E-state index contributed by atoms with van der Waals surface area (Å²) in [6.07, 6.45) is 4.52. The van der Waals surface area contributed by atoms with E-state index in [1.165, 1.54) is 23.1 Å². The summed E-state index contributed by atoms with van der Waals surface area (Å²) in [4.78, 5) is 15.6. The van der Waals surface area contributed by atoms with E-state index in [1.807, 2.05) is 0 Å². The first-order chi connectivity index (χ1) is 12.7. The van der Waals surface area contributed by atoms with Gasteiger partial charge in [0.15, 0.2) is 0 Å². The molecule has 126 valence electrons. The summed E-state index contributed by atoms with van der Waals surface area (Å²) < 4.78 is 15.6. The predicted octanol–water partition coefficient (Wildman–Crippen LogP) is 3.23. The molecule has 4 aromatic rings. The van der Waals surface area contributed by atoms with E-state index in [0.29, 0.717) is 28.4 Å². The Bertz CT molecular complexity index is 1160. The number of rotatable bonds is 3. The number of pyridine rings is 1. The zero-order chi connectivity index (χ0) is 18.1. The van der Waals surface area contributed by atoms with Crippen LogP contribution in [0.2, 0.25) is 0 Å². The van der Waals surface area contributed by atoms with Gasteiger partial charge in [-0.05, 0) is 12.1 Å². The Labute approximate surface area is 147 Å². The molecule has 0 unspecified atom stereocenters. The smallest absolute Gasteiger partial charge is 0.215 e. The maximum absolute atomic E-state index is 14.3. The Morgan fingerprint density at radius 3 is 2.88 bits per heavy atom. The van der Waals surface area contributed by atoms with Gasteiger partial charge >= 0.3 is 0 Å². The van der Waals surface area contributed by atoms with Gasteiger partial charge in [-0.2, -0.15) is 5.10 Å². The minimum Gasteiger partial charge on any atom is -0.384 e. The number of hydrogen-bond donors (Lipinski definition) is 2. The van der Waals surface area contributed by atoms with Crippen LogP contribution in [-0.4, -0.2) is 24.7 Å². The average Bonchev–Trinajstić information content (AvgIpc) is 3.06. The second kappa shape index (κ2) is 6.10. The zero-order valence-corrected chi connectivity index (χ0v) is 13.3. The number of anilines is 3. The van der Waals surface area contributed by atoms with E-state index >= 15 is 0 Å². The molecule has 0 radical (unpaired) electrons. The van der Waals surface area contributed by atoms with Crippen LogP contribution in [0.1, 0.15) is 0 Å². The summed E-state index contributed by atoms with van der Waals surface area (Å²) in [5.41, 5.74) is 6.51. The Kier molecular flexibility index (Phi) is 3.63.